The van der Waals surface area contributed by atoms with Crippen LogP contribution in [0.2, 0.25) is 0 Å². The molecule has 0 aromatic heterocycles. The summed E-state index contributed by atoms with van der Waals surface area (Å²) in [5.74, 6) is -0.171. The fourth-order valence-electron chi connectivity index (χ4n) is 6.21. The standard InChI is InChI=1S/C38H40N2O4S2/c41-45(42,37-17-9-11-33(29-37)31-19-23-39(24-20-31)35-13-3-1-4-14-35)27-7-8-28-46(43,44)38-18-10-12-34(30-38)32-21-25-40(26-22-32)36-15-5-2-6-16-36/h1-6,9-19,21,29-30H,7-8,20,22-28H2. The summed E-state index contributed by atoms with van der Waals surface area (Å²) < 4.78 is 53.0. The van der Waals surface area contributed by atoms with Gasteiger partial charge in [0.1, 0.15) is 0 Å². The van der Waals surface area contributed by atoms with Gasteiger partial charge in [0.05, 0.1) is 21.3 Å². The Kier molecular flexibility index (Phi) is 9.75. The Bertz CT molecular complexity index is 1790. The number of para-hydroxylation sites is 2. The van der Waals surface area contributed by atoms with Crippen LogP contribution in [0.4, 0.5) is 11.4 Å². The molecule has 46 heavy (non-hydrogen) atoms. The number of unbranched alkanes of at least 4 members (excludes halogenated alkanes) is 1. The molecule has 0 radical (unpaired) electrons. The Balaban J connectivity index is 1.03. The molecule has 8 heteroatoms. The summed E-state index contributed by atoms with van der Waals surface area (Å²) in [6.45, 7) is 3.29. The molecule has 0 aliphatic carbocycles. The van der Waals surface area contributed by atoms with Gasteiger partial charge in [0.2, 0.25) is 0 Å². The molecule has 0 saturated carbocycles. The fraction of sp³-hybridized carbons (Fsp3) is 0.263. The molecule has 4 aromatic carbocycles. The number of sulfone groups is 2. The van der Waals surface area contributed by atoms with Gasteiger partial charge in [-0.05, 0) is 96.5 Å². The van der Waals surface area contributed by atoms with Gasteiger partial charge >= 0.3 is 0 Å². The lowest BCUT2D eigenvalue weighted by Crippen LogP contribution is -2.28. The second kappa shape index (κ2) is 14.1. The normalized spacial score (nSPS) is 15.7. The minimum atomic E-state index is -3.55. The molecule has 0 unspecified atom stereocenters. The van der Waals surface area contributed by atoms with E-state index in [9.17, 15) is 16.8 Å². The molecule has 0 saturated heterocycles. The van der Waals surface area contributed by atoms with Crippen LogP contribution in [-0.4, -0.2) is 54.5 Å². The lowest BCUT2D eigenvalue weighted by Gasteiger charge is -2.28. The van der Waals surface area contributed by atoms with Gasteiger partial charge in [-0.25, -0.2) is 16.8 Å². The molecule has 0 bridgehead atoms. The molecule has 6 nitrogen and oxygen atoms in total. The zero-order valence-electron chi connectivity index (χ0n) is 26.0. The third-order valence-corrected chi connectivity index (χ3v) is 12.5. The van der Waals surface area contributed by atoms with Crippen LogP contribution >= 0.6 is 0 Å². The van der Waals surface area contributed by atoms with Gasteiger partial charge in [-0.2, -0.15) is 0 Å². The van der Waals surface area contributed by atoms with Crippen LogP contribution < -0.4 is 9.80 Å². The highest BCUT2D eigenvalue weighted by atomic mass is 32.2. The molecular formula is C38H40N2O4S2. The molecule has 2 aliphatic heterocycles. The van der Waals surface area contributed by atoms with Crippen molar-refractivity contribution in [3.05, 3.63) is 132 Å². The fourth-order valence-corrected chi connectivity index (χ4v) is 9.03. The minimum Gasteiger partial charge on any atom is -0.367 e. The van der Waals surface area contributed by atoms with Crippen LogP contribution in [0.15, 0.2) is 131 Å². The molecular weight excluding hydrogens is 613 g/mol. The first-order valence-corrected chi connectivity index (χ1v) is 19.2. The lowest BCUT2D eigenvalue weighted by atomic mass is 9.99. The minimum absolute atomic E-state index is 0.0857. The maximum absolute atomic E-state index is 13.2. The van der Waals surface area contributed by atoms with E-state index in [2.05, 4.69) is 46.2 Å². The highest BCUT2D eigenvalue weighted by Gasteiger charge is 2.21. The van der Waals surface area contributed by atoms with Crippen LogP contribution in [0, 0.1) is 0 Å². The largest absolute Gasteiger partial charge is 0.367 e. The summed E-state index contributed by atoms with van der Waals surface area (Å²) in [5, 5.41) is 0. The number of rotatable bonds is 11. The summed E-state index contributed by atoms with van der Waals surface area (Å²) in [6, 6.07) is 34.9. The Hall–Kier alpha value is -4.14. The van der Waals surface area contributed by atoms with E-state index >= 15 is 0 Å². The summed E-state index contributed by atoms with van der Waals surface area (Å²) in [4.78, 5) is 5.19. The Morgan fingerprint density at radius 1 is 0.500 bits per heavy atom. The van der Waals surface area contributed by atoms with E-state index in [1.165, 1.54) is 11.4 Å². The predicted molar refractivity (Wildman–Crippen MR) is 189 cm³/mol. The molecule has 0 amide bonds. The Morgan fingerprint density at radius 2 is 0.913 bits per heavy atom. The summed E-state index contributed by atoms with van der Waals surface area (Å²) in [5.41, 5.74) is 6.52. The summed E-state index contributed by atoms with van der Waals surface area (Å²) in [7, 11) is -7.09. The van der Waals surface area contributed by atoms with Crippen LogP contribution in [-0.2, 0) is 19.7 Å². The van der Waals surface area contributed by atoms with Gasteiger partial charge in [-0.15, -0.1) is 0 Å². The average Bonchev–Trinajstić information content (AvgIpc) is 3.11. The van der Waals surface area contributed by atoms with E-state index in [0.29, 0.717) is 9.79 Å². The first kappa shape index (κ1) is 31.8. The van der Waals surface area contributed by atoms with E-state index in [4.69, 9.17) is 0 Å². The molecule has 0 fully saturated rings. The molecule has 0 N–H and O–H groups in total. The van der Waals surface area contributed by atoms with E-state index in [-0.39, 0.29) is 24.3 Å². The smallest absolute Gasteiger partial charge is 0.178 e. The van der Waals surface area contributed by atoms with Gasteiger partial charge in [-0.1, -0.05) is 72.8 Å². The zero-order valence-corrected chi connectivity index (χ0v) is 27.6. The molecule has 4 aromatic rings. The first-order chi connectivity index (χ1) is 22.3. The highest BCUT2D eigenvalue weighted by Crippen LogP contribution is 2.29. The van der Waals surface area contributed by atoms with Gasteiger partial charge in [0, 0.05) is 37.6 Å². The Labute approximate surface area is 273 Å². The number of hydrogen-bond acceptors (Lipinski definition) is 6. The van der Waals surface area contributed by atoms with Gasteiger partial charge < -0.3 is 9.80 Å². The SMILES string of the molecule is O=S(=O)(CCCCS(=O)(=O)c1cccc(C2=CCN(c3ccccc3)CC2)c1)c1cccc(C2=CCN(c3ccccc3)CC2)c1. The van der Waals surface area contributed by atoms with Gasteiger partial charge in [-0.3, -0.25) is 0 Å². The molecule has 2 heterocycles. The number of nitrogens with zero attached hydrogens (tertiary/aromatic N) is 2. The second-order valence-corrected chi connectivity index (χ2v) is 16.1. The molecule has 238 valence electrons. The van der Waals surface area contributed by atoms with Crippen molar-refractivity contribution >= 4 is 42.2 Å². The maximum Gasteiger partial charge on any atom is 0.178 e. The van der Waals surface area contributed by atoms with E-state index in [0.717, 1.165) is 61.3 Å². The van der Waals surface area contributed by atoms with Crippen molar-refractivity contribution in [3.8, 4) is 0 Å². The molecule has 6 rings (SSSR count). The highest BCUT2D eigenvalue weighted by molar-refractivity contribution is 7.91. The third-order valence-electron chi connectivity index (χ3n) is 8.86. The van der Waals surface area contributed by atoms with Crippen LogP contribution in [0.1, 0.15) is 36.8 Å². The van der Waals surface area contributed by atoms with Crippen molar-refractivity contribution in [2.45, 2.75) is 35.5 Å². The van der Waals surface area contributed by atoms with Crippen molar-refractivity contribution in [1.82, 2.24) is 0 Å². The molecule has 0 atom stereocenters. The van der Waals surface area contributed by atoms with Crippen molar-refractivity contribution in [2.24, 2.45) is 0 Å². The van der Waals surface area contributed by atoms with Crippen molar-refractivity contribution in [3.63, 3.8) is 0 Å². The maximum atomic E-state index is 13.2. The lowest BCUT2D eigenvalue weighted by molar-refractivity contribution is 0.585. The monoisotopic (exact) mass is 652 g/mol. The van der Waals surface area contributed by atoms with E-state index < -0.39 is 19.7 Å². The van der Waals surface area contributed by atoms with Crippen molar-refractivity contribution in [1.29, 1.82) is 0 Å². The predicted octanol–water partition coefficient (Wildman–Crippen LogP) is 7.30. The summed E-state index contributed by atoms with van der Waals surface area (Å²) >= 11 is 0. The number of benzene rings is 4. The van der Waals surface area contributed by atoms with Crippen molar-refractivity contribution < 1.29 is 16.8 Å². The van der Waals surface area contributed by atoms with Crippen LogP contribution in [0.5, 0.6) is 0 Å². The summed E-state index contributed by atoms with van der Waals surface area (Å²) in [6.07, 6.45) is 6.57. The average molecular weight is 653 g/mol. The van der Waals surface area contributed by atoms with Gasteiger partial charge in [0.15, 0.2) is 19.7 Å². The van der Waals surface area contributed by atoms with E-state index in [1.54, 1.807) is 36.4 Å². The zero-order chi connectivity index (χ0) is 32.0. The molecule has 0 spiro atoms. The number of hydrogen-bond donors (Lipinski definition) is 0. The van der Waals surface area contributed by atoms with Crippen LogP contribution in [0.3, 0.4) is 0 Å². The van der Waals surface area contributed by atoms with E-state index in [1.807, 2.05) is 48.5 Å². The Morgan fingerprint density at radius 3 is 1.28 bits per heavy atom. The topological polar surface area (TPSA) is 74.8 Å². The quantitative estimate of drug-likeness (QED) is 0.158. The van der Waals surface area contributed by atoms with Crippen molar-refractivity contribution in [2.75, 3.05) is 47.5 Å². The second-order valence-electron chi connectivity index (χ2n) is 11.9. The number of anilines is 2. The molecule has 2 aliphatic rings. The third kappa shape index (κ3) is 7.62. The first-order valence-electron chi connectivity index (χ1n) is 15.9. The van der Waals surface area contributed by atoms with Crippen LogP contribution in [0.25, 0.3) is 11.1 Å². The van der Waals surface area contributed by atoms with Gasteiger partial charge in [0.25, 0.3) is 0 Å².